The van der Waals surface area contributed by atoms with Crippen LogP contribution in [0.25, 0.3) is 0 Å². The predicted molar refractivity (Wildman–Crippen MR) is 75.1 cm³/mol. The zero-order chi connectivity index (χ0) is 14.8. The molecule has 20 heavy (non-hydrogen) atoms. The highest BCUT2D eigenvalue weighted by Gasteiger charge is 2.21. The van der Waals surface area contributed by atoms with Crippen LogP contribution >= 0.6 is 23.2 Å². The highest BCUT2D eigenvalue weighted by molar-refractivity contribution is 7.89. The Morgan fingerprint density at radius 2 is 2.00 bits per heavy atom. The van der Waals surface area contributed by atoms with Crippen LogP contribution in [-0.2, 0) is 23.2 Å². The molecule has 1 heterocycles. The van der Waals surface area contributed by atoms with Crippen molar-refractivity contribution in [2.45, 2.75) is 18.0 Å². The molecule has 2 N–H and O–H groups in total. The van der Waals surface area contributed by atoms with Crippen LogP contribution in [0.1, 0.15) is 11.3 Å². The summed E-state index contributed by atoms with van der Waals surface area (Å²) in [7, 11) is -3.83. The number of sulfonamides is 1. The molecule has 1 aromatic carbocycles. The van der Waals surface area contributed by atoms with Gasteiger partial charge in [-0.1, -0.05) is 23.2 Å². The molecule has 0 aliphatic rings. The molecule has 0 radical (unpaired) electrons. The van der Waals surface area contributed by atoms with E-state index in [0.29, 0.717) is 5.76 Å². The molecule has 0 spiro atoms. The maximum atomic E-state index is 12.2. The minimum absolute atomic E-state index is 0.00273. The van der Waals surface area contributed by atoms with Crippen LogP contribution in [0.15, 0.2) is 39.8 Å². The Balaban J connectivity index is 2.30. The van der Waals surface area contributed by atoms with E-state index in [-0.39, 0.29) is 27.0 Å². The smallest absolute Gasteiger partial charge is 0.242 e. The van der Waals surface area contributed by atoms with Gasteiger partial charge < -0.3 is 9.52 Å². The Kier molecular flexibility index (Phi) is 4.72. The molecular weight excluding hydrogens is 325 g/mol. The van der Waals surface area contributed by atoms with Crippen LogP contribution in [0, 0.1) is 0 Å². The van der Waals surface area contributed by atoms with Crippen LogP contribution < -0.4 is 4.72 Å². The molecule has 2 aromatic rings. The normalized spacial score (nSPS) is 11.8. The van der Waals surface area contributed by atoms with E-state index in [1.807, 2.05) is 0 Å². The van der Waals surface area contributed by atoms with E-state index >= 15 is 0 Å². The lowest BCUT2D eigenvalue weighted by Crippen LogP contribution is -2.23. The lowest BCUT2D eigenvalue weighted by atomic mass is 10.2. The molecule has 0 saturated heterocycles. The molecule has 1 aromatic heterocycles. The van der Waals surface area contributed by atoms with Gasteiger partial charge in [0.1, 0.15) is 10.7 Å². The SMILES string of the molecule is O=S(=O)(NCc1ccco1)c1ccc(Cl)c(CO)c1Cl. The van der Waals surface area contributed by atoms with Crippen LogP contribution in [0.4, 0.5) is 0 Å². The molecule has 108 valence electrons. The first kappa shape index (κ1) is 15.3. The van der Waals surface area contributed by atoms with Gasteiger partial charge in [0.05, 0.1) is 24.4 Å². The van der Waals surface area contributed by atoms with E-state index < -0.39 is 16.6 Å². The van der Waals surface area contributed by atoms with Crippen molar-refractivity contribution >= 4 is 33.2 Å². The second-order valence-corrected chi connectivity index (χ2v) is 6.42. The molecule has 0 saturated carbocycles. The fourth-order valence-corrected chi connectivity index (χ4v) is 3.47. The summed E-state index contributed by atoms with van der Waals surface area (Å²) in [5, 5.41) is 9.29. The second kappa shape index (κ2) is 6.15. The van der Waals surface area contributed by atoms with Gasteiger partial charge in [-0.05, 0) is 24.3 Å². The van der Waals surface area contributed by atoms with Crippen LogP contribution in [-0.4, -0.2) is 13.5 Å². The Hall–Kier alpha value is -1.05. The highest BCUT2D eigenvalue weighted by Crippen LogP contribution is 2.31. The summed E-state index contributed by atoms with van der Waals surface area (Å²) in [6, 6.07) is 5.96. The zero-order valence-corrected chi connectivity index (χ0v) is 12.5. The number of aliphatic hydroxyl groups excluding tert-OH is 1. The van der Waals surface area contributed by atoms with Gasteiger partial charge in [-0.3, -0.25) is 0 Å². The van der Waals surface area contributed by atoms with Crippen molar-refractivity contribution in [2.75, 3.05) is 0 Å². The second-order valence-electron chi connectivity index (χ2n) is 3.90. The maximum absolute atomic E-state index is 12.2. The molecule has 0 aliphatic heterocycles. The lowest BCUT2D eigenvalue weighted by Gasteiger charge is -2.11. The van der Waals surface area contributed by atoms with E-state index in [0.717, 1.165) is 0 Å². The van der Waals surface area contributed by atoms with E-state index in [2.05, 4.69) is 4.72 Å². The summed E-state index contributed by atoms with van der Waals surface area (Å²) < 4.78 is 31.7. The quantitative estimate of drug-likeness (QED) is 0.879. The zero-order valence-electron chi connectivity index (χ0n) is 10.1. The maximum Gasteiger partial charge on any atom is 0.242 e. The molecule has 5 nitrogen and oxygen atoms in total. The van der Waals surface area contributed by atoms with Crippen molar-refractivity contribution in [3.05, 3.63) is 51.9 Å². The van der Waals surface area contributed by atoms with Gasteiger partial charge >= 0.3 is 0 Å². The third-order valence-corrected chi connectivity index (χ3v) is 4.96. The Morgan fingerprint density at radius 3 is 2.60 bits per heavy atom. The molecule has 2 rings (SSSR count). The summed E-state index contributed by atoms with van der Waals surface area (Å²) in [6.07, 6.45) is 1.45. The molecule has 0 unspecified atom stereocenters. The monoisotopic (exact) mass is 335 g/mol. The number of benzene rings is 1. The van der Waals surface area contributed by atoms with Crippen LogP contribution in [0.3, 0.4) is 0 Å². The van der Waals surface area contributed by atoms with Crippen molar-refractivity contribution in [3.8, 4) is 0 Å². The minimum Gasteiger partial charge on any atom is -0.468 e. The van der Waals surface area contributed by atoms with Gasteiger partial charge in [0.15, 0.2) is 0 Å². The summed E-state index contributed by atoms with van der Waals surface area (Å²) in [6.45, 7) is -0.443. The van der Waals surface area contributed by atoms with Gasteiger partial charge in [0.2, 0.25) is 10.0 Å². The van der Waals surface area contributed by atoms with Crippen molar-refractivity contribution in [1.29, 1.82) is 0 Å². The first-order valence-electron chi connectivity index (χ1n) is 5.55. The number of rotatable bonds is 5. The number of nitrogens with one attached hydrogen (secondary N) is 1. The first-order chi connectivity index (χ1) is 9.45. The predicted octanol–water partition coefficient (Wildman–Crippen LogP) is 2.56. The fraction of sp³-hybridized carbons (Fsp3) is 0.167. The van der Waals surface area contributed by atoms with Gasteiger partial charge in [-0.25, -0.2) is 13.1 Å². The van der Waals surface area contributed by atoms with Gasteiger partial charge in [0, 0.05) is 10.6 Å². The van der Waals surface area contributed by atoms with Crippen molar-refractivity contribution in [1.82, 2.24) is 4.72 Å². The van der Waals surface area contributed by atoms with Crippen molar-refractivity contribution in [3.63, 3.8) is 0 Å². The Morgan fingerprint density at radius 1 is 1.25 bits per heavy atom. The van der Waals surface area contributed by atoms with E-state index in [1.165, 1.54) is 18.4 Å². The molecule has 0 bridgehead atoms. The number of hydrogen-bond donors (Lipinski definition) is 2. The lowest BCUT2D eigenvalue weighted by molar-refractivity contribution is 0.281. The topological polar surface area (TPSA) is 79.5 Å². The Bertz CT molecular complexity index is 698. The van der Waals surface area contributed by atoms with Crippen molar-refractivity contribution < 1.29 is 17.9 Å². The first-order valence-corrected chi connectivity index (χ1v) is 7.79. The average molecular weight is 336 g/mol. The van der Waals surface area contributed by atoms with Gasteiger partial charge in [-0.2, -0.15) is 0 Å². The highest BCUT2D eigenvalue weighted by atomic mass is 35.5. The third kappa shape index (κ3) is 3.16. The van der Waals surface area contributed by atoms with E-state index in [4.69, 9.17) is 27.6 Å². The molecule has 0 fully saturated rings. The van der Waals surface area contributed by atoms with E-state index in [1.54, 1.807) is 12.1 Å². The van der Waals surface area contributed by atoms with Crippen LogP contribution in [0.2, 0.25) is 10.0 Å². The molecule has 0 amide bonds. The number of halogens is 2. The van der Waals surface area contributed by atoms with Gasteiger partial charge in [-0.15, -0.1) is 0 Å². The summed E-state index contributed by atoms with van der Waals surface area (Å²) in [5.74, 6) is 0.473. The third-order valence-electron chi connectivity index (χ3n) is 2.61. The van der Waals surface area contributed by atoms with E-state index in [9.17, 15) is 13.5 Å². The molecule has 0 atom stereocenters. The molecule has 8 heteroatoms. The standard InChI is InChI=1S/C12H11Cl2NO4S/c13-10-3-4-11(12(14)9(10)7-16)20(17,18)15-6-8-2-1-5-19-8/h1-5,15-16H,6-7H2. The average Bonchev–Trinajstić information content (AvgIpc) is 2.90. The summed E-state index contributed by atoms with van der Waals surface area (Å²) in [5.41, 5.74) is 0.175. The summed E-state index contributed by atoms with van der Waals surface area (Å²) in [4.78, 5) is -0.140. The number of hydrogen-bond acceptors (Lipinski definition) is 4. The number of furan rings is 1. The van der Waals surface area contributed by atoms with Gasteiger partial charge in [0.25, 0.3) is 0 Å². The van der Waals surface area contributed by atoms with Crippen LogP contribution in [0.5, 0.6) is 0 Å². The molecule has 0 aliphatic carbocycles. The molecular formula is C12H11Cl2NO4S. The summed E-state index contributed by atoms with van der Waals surface area (Å²) >= 11 is 11.8. The minimum atomic E-state index is -3.83. The fourth-order valence-electron chi connectivity index (χ4n) is 1.59. The number of aliphatic hydroxyl groups is 1. The Labute approximate surface area is 126 Å². The largest absolute Gasteiger partial charge is 0.468 e. The van der Waals surface area contributed by atoms with Crippen molar-refractivity contribution in [2.24, 2.45) is 0 Å².